The predicted octanol–water partition coefficient (Wildman–Crippen LogP) is 3.35. The Bertz CT molecular complexity index is 698. The van der Waals surface area contributed by atoms with Crippen molar-refractivity contribution in [3.8, 4) is 0 Å². The molecule has 1 amide bonds. The highest BCUT2D eigenvalue weighted by molar-refractivity contribution is 5.95. The van der Waals surface area contributed by atoms with E-state index in [-0.39, 0.29) is 18.0 Å². The van der Waals surface area contributed by atoms with Crippen molar-refractivity contribution >= 4 is 23.1 Å². The Morgan fingerprint density at radius 3 is 2.83 bits per heavy atom. The first-order valence-electron chi connectivity index (χ1n) is 7.99. The van der Waals surface area contributed by atoms with E-state index in [4.69, 9.17) is 5.73 Å². The quantitative estimate of drug-likeness (QED) is 0.912. The van der Waals surface area contributed by atoms with Crippen LogP contribution >= 0.6 is 0 Å². The monoisotopic (exact) mass is 310 g/mol. The molecule has 1 aliphatic rings. The summed E-state index contributed by atoms with van der Waals surface area (Å²) in [5, 5.41) is 3.47. The fourth-order valence-electron chi connectivity index (χ4n) is 3.17. The van der Waals surface area contributed by atoms with Crippen LogP contribution in [-0.4, -0.2) is 16.9 Å². The van der Waals surface area contributed by atoms with Crippen molar-refractivity contribution in [3.63, 3.8) is 0 Å². The number of pyridine rings is 1. The normalized spacial score (nSPS) is 20.0. The third-order valence-corrected chi connectivity index (χ3v) is 4.27. The second-order valence-corrected chi connectivity index (χ2v) is 5.93. The average molecular weight is 310 g/mol. The van der Waals surface area contributed by atoms with E-state index in [0.29, 0.717) is 12.1 Å². The van der Waals surface area contributed by atoms with Crippen LogP contribution in [0.15, 0.2) is 42.6 Å². The van der Waals surface area contributed by atoms with Crippen molar-refractivity contribution in [2.45, 2.75) is 38.8 Å². The van der Waals surface area contributed by atoms with E-state index in [1.165, 1.54) is 0 Å². The van der Waals surface area contributed by atoms with Crippen LogP contribution in [-0.2, 0) is 4.79 Å². The van der Waals surface area contributed by atoms with Crippen molar-refractivity contribution in [3.05, 3.63) is 48.2 Å². The molecule has 2 atom stereocenters. The van der Waals surface area contributed by atoms with Gasteiger partial charge in [-0.1, -0.05) is 25.1 Å². The summed E-state index contributed by atoms with van der Waals surface area (Å²) in [5.41, 5.74) is 8.46. The van der Waals surface area contributed by atoms with Crippen LogP contribution in [0, 0.1) is 0 Å². The molecule has 0 unspecified atom stereocenters. The Morgan fingerprint density at radius 2 is 2.13 bits per heavy atom. The number of nitrogens with zero attached hydrogens (tertiary/aromatic N) is 2. The van der Waals surface area contributed by atoms with E-state index < -0.39 is 0 Å². The molecule has 1 aromatic heterocycles. The van der Waals surface area contributed by atoms with Gasteiger partial charge in [0.05, 0.1) is 17.9 Å². The number of hydrogen-bond acceptors (Lipinski definition) is 4. The minimum absolute atomic E-state index is 0.123. The molecule has 23 heavy (non-hydrogen) atoms. The maximum atomic E-state index is 12.3. The summed E-state index contributed by atoms with van der Waals surface area (Å²) in [6.45, 7) is 3.99. The SMILES string of the molecule is CCC(=O)N1c2ccccc2[C@H](Nc2ccc(N)cn2)C[C@@H]1C. The fraction of sp³-hybridized carbons (Fsp3) is 0.333. The number of amides is 1. The van der Waals surface area contributed by atoms with Gasteiger partial charge in [0.25, 0.3) is 0 Å². The average Bonchev–Trinajstić information content (AvgIpc) is 2.56. The second-order valence-electron chi connectivity index (χ2n) is 5.93. The van der Waals surface area contributed by atoms with E-state index in [9.17, 15) is 4.79 Å². The summed E-state index contributed by atoms with van der Waals surface area (Å²) in [6.07, 6.45) is 3.00. The maximum absolute atomic E-state index is 12.3. The van der Waals surface area contributed by atoms with Crippen LogP contribution in [0.5, 0.6) is 0 Å². The van der Waals surface area contributed by atoms with E-state index >= 15 is 0 Å². The van der Waals surface area contributed by atoms with Crippen LogP contribution in [0.4, 0.5) is 17.2 Å². The van der Waals surface area contributed by atoms with Gasteiger partial charge in [-0.2, -0.15) is 0 Å². The highest BCUT2D eigenvalue weighted by Gasteiger charge is 2.32. The number of fused-ring (bicyclic) bond motifs is 1. The van der Waals surface area contributed by atoms with Gasteiger partial charge in [0, 0.05) is 18.2 Å². The molecule has 0 radical (unpaired) electrons. The highest BCUT2D eigenvalue weighted by atomic mass is 16.2. The minimum atomic E-state index is 0.123. The van der Waals surface area contributed by atoms with E-state index in [2.05, 4.69) is 23.3 Å². The Hall–Kier alpha value is -2.56. The van der Waals surface area contributed by atoms with Gasteiger partial charge >= 0.3 is 0 Å². The predicted molar refractivity (Wildman–Crippen MR) is 93.3 cm³/mol. The van der Waals surface area contributed by atoms with Crippen molar-refractivity contribution in [2.75, 3.05) is 16.0 Å². The van der Waals surface area contributed by atoms with Gasteiger partial charge in [-0.15, -0.1) is 0 Å². The van der Waals surface area contributed by atoms with Crippen LogP contribution < -0.4 is 16.0 Å². The molecule has 0 saturated heterocycles. The Labute approximate surface area is 136 Å². The lowest BCUT2D eigenvalue weighted by atomic mass is 9.91. The molecule has 0 bridgehead atoms. The molecular formula is C18H22N4O. The second kappa shape index (κ2) is 6.28. The van der Waals surface area contributed by atoms with Crippen molar-refractivity contribution in [1.82, 2.24) is 4.98 Å². The lowest BCUT2D eigenvalue weighted by molar-refractivity contribution is -0.118. The molecule has 5 heteroatoms. The summed E-state index contributed by atoms with van der Waals surface area (Å²) in [5.74, 6) is 0.954. The number of aromatic nitrogens is 1. The van der Waals surface area contributed by atoms with Gasteiger partial charge in [0.1, 0.15) is 5.82 Å². The maximum Gasteiger partial charge on any atom is 0.226 e. The fourth-order valence-corrected chi connectivity index (χ4v) is 3.17. The largest absolute Gasteiger partial charge is 0.397 e. The van der Waals surface area contributed by atoms with Crippen LogP contribution in [0.3, 0.4) is 0 Å². The minimum Gasteiger partial charge on any atom is -0.397 e. The summed E-state index contributed by atoms with van der Waals surface area (Å²) >= 11 is 0. The molecule has 3 N–H and O–H groups in total. The molecule has 5 nitrogen and oxygen atoms in total. The number of carbonyl (C=O) groups is 1. The number of rotatable bonds is 3. The molecule has 0 fully saturated rings. The number of benzene rings is 1. The van der Waals surface area contributed by atoms with E-state index in [1.54, 1.807) is 6.20 Å². The highest BCUT2D eigenvalue weighted by Crippen LogP contribution is 2.38. The number of anilines is 3. The molecule has 0 saturated carbocycles. The number of carbonyl (C=O) groups excluding carboxylic acids is 1. The Morgan fingerprint density at radius 1 is 1.35 bits per heavy atom. The van der Waals surface area contributed by atoms with Gasteiger partial charge in [-0.3, -0.25) is 4.79 Å². The first kappa shape index (κ1) is 15.3. The van der Waals surface area contributed by atoms with Crippen LogP contribution in [0.25, 0.3) is 0 Å². The standard InChI is InChI=1S/C18H22N4O/c1-3-18(23)22-12(2)10-15(14-6-4-5-7-16(14)22)21-17-9-8-13(19)11-20-17/h4-9,11-12,15H,3,10,19H2,1-2H3,(H,20,21)/t12-,15+/m0/s1. The molecule has 2 aromatic rings. The summed E-state index contributed by atoms with van der Waals surface area (Å²) in [6, 6.07) is 12.1. The zero-order chi connectivity index (χ0) is 16.4. The third-order valence-electron chi connectivity index (χ3n) is 4.27. The zero-order valence-corrected chi connectivity index (χ0v) is 13.5. The molecule has 1 aromatic carbocycles. The summed E-state index contributed by atoms with van der Waals surface area (Å²) in [7, 11) is 0. The smallest absolute Gasteiger partial charge is 0.226 e. The van der Waals surface area contributed by atoms with Gasteiger partial charge in [-0.25, -0.2) is 4.98 Å². The van der Waals surface area contributed by atoms with Gasteiger partial charge in [0.2, 0.25) is 5.91 Å². The number of para-hydroxylation sites is 1. The molecular weight excluding hydrogens is 288 g/mol. The van der Waals surface area contributed by atoms with Crippen LogP contribution in [0.2, 0.25) is 0 Å². The van der Waals surface area contributed by atoms with E-state index in [1.807, 2.05) is 42.2 Å². The molecule has 1 aliphatic heterocycles. The summed E-state index contributed by atoms with van der Waals surface area (Å²) in [4.78, 5) is 18.6. The van der Waals surface area contributed by atoms with Crippen molar-refractivity contribution in [1.29, 1.82) is 0 Å². The van der Waals surface area contributed by atoms with Gasteiger partial charge in [-0.05, 0) is 37.1 Å². The molecule has 2 heterocycles. The zero-order valence-electron chi connectivity index (χ0n) is 13.5. The number of hydrogen-bond donors (Lipinski definition) is 2. The first-order valence-corrected chi connectivity index (χ1v) is 7.99. The third kappa shape index (κ3) is 2.99. The lowest BCUT2D eigenvalue weighted by Crippen LogP contribution is -2.44. The first-order chi connectivity index (χ1) is 11.1. The van der Waals surface area contributed by atoms with Crippen molar-refractivity contribution in [2.24, 2.45) is 0 Å². The Kier molecular flexibility index (Phi) is 4.19. The Balaban J connectivity index is 1.93. The molecule has 0 aliphatic carbocycles. The van der Waals surface area contributed by atoms with Gasteiger partial charge in [0.15, 0.2) is 0 Å². The molecule has 0 spiro atoms. The number of nitrogen functional groups attached to an aromatic ring is 1. The lowest BCUT2D eigenvalue weighted by Gasteiger charge is -2.39. The number of nitrogens with two attached hydrogens (primary N) is 1. The van der Waals surface area contributed by atoms with Gasteiger partial charge < -0.3 is 16.0 Å². The number of nitrogens with one attached hydrogen (secondary N) is 1. The molecule has 3 rings (SSSR count). The topological polar surface area (TPSA) is 71.2 Å². The summed E-state index contributed by atoms with van der Waals surface area (Å²) < 4.78 is 0. The van der Waals surface area contributed by atoms with Crippen molar-refractivity contribution < 1.29 is 4.79 Å². The van der Waals surface area contributed by atoms with E-state index in [0.717, 1.165) is 23.5 Å². The van der Waals surface area contributed by atoms with Crippen LogP contribution in [0.1, 0.15) is 38.3 Å². The molecule has 120 valence electrons.